The summed E-state index contributed by atoms with van der Waals surface area (Å²) < 4.78 is 21.7. The first-order valence-corrected chi connectivity index (χ1v) is 5.28. The minimum absolute atomic E-state index is 0.242. The molecule has 0 saturated carbocycles. The number of fused-ring (bicyclic) bond motifs is 1. The van der Waals surface area contributed by atoms with Gasteiger partial charge in [0.15, 0.2) is 0 Å². The molecule has 0 saturated heterocycles. The second-order valence-corrected chi connectivity index (χ2v) is 3.95. The van der Waals surface area contributed by atoms with Crippen LogP contribution in [0.4, 0.5) is 0 Å². The second-order valence-electron chi connectivity index (χ2n) is 2.69. The summed E-state index contributed by atoms with van der Waals surface area (Å²) in [5.74, 6) is 0. The maximum absolute atomic E-state index is 10.9. The predicted octanol–water partition coefficient (Wildman–Crippen LogP) is 2.13. The van der Waals surface area contributed by atoms with Crippen molar-refractivity contribution in [3.8, 4) is 0 Å². The van der Waals surface area contributed by atoms with E-state index in [2.05, 4.69) is 4.98 Å². The minimum atomic E-state index is -2.25. The predicted molar refractivity (Wildman–Crippen MR) is 53.9 cm³/mol. The van der Waals surface area contributed by atoms with Gasteiger partial charge in [0, 0.05) is 21.9 Å². The summed E-state index contributed by atoms with van der Waals surface area (Å²) in [4.78, 5) is 4.11. The van der Waals surface area contributed by atoms with E-state index in [4.69, 9.17) is 11.6 Å². The van der Waals surface area contributed by atoms with Gasteiger partial charge in [-0.05, 0) is 23.2 Å². The summed E-state index contributed by atoms with van der Waals surface area (Å²) in [6, 6.07) is 6.54. The normalized spacial score (nSPS) is 13.0. The summed E-state index contributed by atoms with van der Waals surface area (Å²) in [5, 5.41) is 1.56. The van der Waals surface area contributed by atoms with Gasteiger partial charge >= 0.3 is 0 Å². The maximum Gasteiger partial charge on any atom is 0.136 e. The number of benzene rings is 1. The summed E-state index contributed by atoms with van der Waals surface area (Å²) in [5.41, 5.74) is 0. The van der Waals surface area contributed by atoms with Gasteiger partial charge in [-0.3, -0.25) is 4.21 Å². The van der Waals surface area contributed by atoms with Crippen molar-refractivity contribution >= 4 is 33.5 Å². The van der Waals surface area contributed by atoms with Gasteiger partial charge in [0.1, 0.15) is 5.15 Å². The number of halogens is 1. The van der Waals surface area contributed by atoms with E-state index in [1.807, 2.05) is 0 Å². The Morgan fingerprint density at radius 2 is 2.07 bits per heavy atom. The topological polar surface area (TPSA) is 53.0 Å². The fourth-order valence-electron chi connectivity index (χ4n) is 1.29. The fraction of sp³-hybridized carbons (Fsp3) is 0. The van der Waals surface area contributed by atoms with Crippen molar-refractivity contribution in [1.82, 2.24) is 4.98 Å². The van der Waals surface area contributed by atoms with Gasteiger partial charge in [-0.15, -0.1) is 0 Å². The summed E-state index contributed by atoms with van der Waals surface area (Å²) in [7, 11) is 0. The van der Waals surface area contributed by atoms with Gasteiger partial charge in [0.2, 0.25) is 0 Å². The van der Waals surface area contributed by atoms with Crippen molar-refractivity contribution in [3.05, 3.63) is 35.6 Å². The first-order chi connectivity index (χ1) is 6.70. The SMILES string of the molecule is O=S([O-])c1cccc2c(Cl)nccc12. The number of hydrogen-bond donors (Lipinski definition) is 0. The number of hydrogen-bond acceptors (Lipinski definition) is 3. The lowest BCUT2D eigenvalue weighted by Gasteiger charge is -2.08. The minimum Gasteiger partial charge on any atom is -0.768 e. The van der Waals surface area contributed by atoms with Crippen molar-refractivity contribution in [2.75, 3.05) is 0 Å². The zero-order valence-corrected chi connectivity index (χ0v) is 8.51. The molecule has 2 aromatic rings. The summed E-state index contributed by atoms with van der Waals surface area (Å²) in [6.45, 7) is 0. The standard InChI is InChI=1S/C9H6ClNO2S/c10-9-7-2-1-3-8(14(12)13)6(7)4-5-11-9/h1-5H,(H,12,13)/p-1. The molecule has 0 aliphatic rings. The molecule has 2 rings (SSSR count). The molecular weight excluding hydrogens is 222 g/mol. The molecule has 0 aliphatic heterocycles. The second kappa shape index (κ2) is 3.65. The number of aromatic nitrogens is 1. The molecule has 0 amide bonds. The van der Waals surface area contributed by atoms with Crippen LogP contribution in [0.1, 0.15) is 0 Å². The van der Waals surface area contributed by atoms with Crippen LogP contribution in [-0.4, -0.2) is 13.7 Å². The van der Waals surface area contributed by atoms with E-state index in [1.165, 1.54) is 12.3 Å². The van der Waals surface area contributed by atoms with E-state index < -0.39 is 11.1 Å². The van der Waals surface area contributed by atoms with Crippen LogP contribution in [0.5, 0.6) is 0 Å². The average molecular weight is 227 g/mol. The Kier molecular flexibility index (Phi) is 2.50. The molecule has 14 heavy (non-hydrogen) atoms. The van der Waals surface area contributed by atoms with Crippen LogP contribution >= 0.6 is 11.6 Å². The smallest absolute Gasteiger partial charge is 0.136 e. The Hall–Kier alpha value is -0.970. The molecule has 1 aromatic carbocycles. The zero-order valence-electron chi connectivity index (χ0n) is 6.94. The lowest BCUT2D eigenvalue weighted by atomic mass is 10.2. The number of rotatable bonds is 1. The highest BCUT2D eigenvalue weighted by Gasteiger charge is 2.03. The lowest BCUT2D eigenvalue weighted by molar-refractivity contribution is 0.538. The number of pyridine rings is 1. The molecule has 1 atom stereocenters. The molecule has 0 bridgehead atoms. The van der Waals surface area contributed by atoms with Crippen LogP contribution in [-0.2, 0) is 11.1 Å². The highest BCUT2D eigenvalue weighted by molar-refractivity contribution is 7.79. The van der Waals surface area contributed by atoms with E-state index in [0.717, 1.165) is 0 Å². The van der Waals surface area contributed by atoms with Gasteiger partial charge in [-0.2, -0.15) is 0 Å². The van der Waals surface area contributed by atoms with E-state index in [1.54, 1.807) is 18.2 Å². The molecule has 1 aromatic heterocycles. The highest BCUT2D eigenvalue weighted by Crippen LogP contribution is 2.25. The molecule has 5 heteroatoms. The third-order valence-corrected chi connectivity index (χ3v) is 2.91. The lowest BCUT2D eigenvalue weighted by Crippen LogP contribution is -1.91. The van der Waals surface area contributed by atoms with E-state index in [-0.39, 0.29) is 4.90 Å². The quantitative estimate of drug-likeness (QED) is 0.553. The van der Waals surface area contributed by atoms with Gasteiger partial charge in [0.25, 0.3) is 0 Å². The zero-order chi connectivity index (χ0) is 10.1. The first kappa shape index (κ1) is 9.58. The number of nitrogens with zero attached hydrogens (tertiary/aromatic N) is 1. The van der Waals surface area contributed by atoms with Crippen LogP contribution < -0.4 is 0 Å². The van der Waals surface area contributed by atoms with Gasteiger partial charge in [0.05, 0.1) is 0 Å². The van der Waals surface area contributed by atoms with Crippen molar-refractivity contribution in [2.45, 2.75) is 4.90 Å². The van der Waals surface area contributed by atoms with Crippen LogP contribution in [0, 0.1) is 0 Å². The molecule has 1 unspecified atom stereocenters. The largest absolute Gasteiger partial charge is 0.768 e. The average Bonchev–Trinajstić information content (AvgIpc) is 2.17. The van der Waals surface area contributed by atoms with Crippen LogP contribution in [0.3, 0.4) is 0 Å². The van der Waals surface area contributed by atoms with Crippen LogP contribution in [0.15, 0.2) is 35.4 Å². The molecule has 0 N–H and O–H groups in total. The Balaban J connectivity index is 2.88. The summed E-state index contributed by atoms with van der Waals surface area (Å²) in [6.07, 6.45) is 1.49. The Labute approximate surface area is 88.0 Å². The van der Waals surface area contributed by atoms with Crippen molar-refractivity contribution < 1.29 is 8.76 Å². The van der Waals surface area contributed by atoms with Crippen molar-refractivity contribution in [1.29, 1.82) is 0 Å². The van der Waals surface area contributed by atoms with Gasteiger partial charge in [-0.25, -0.2) is 4.98 Å². The Morgan fingerprint density at radius 1 is 1.29 bits per heavy atom. The first-order valence-electron chi connectivity index (χ1n) is 3.82. The molecule has 72 valence electrons. The molecule has 0 aliphatic carbocycles. The van der Waals surface area contributed by atoms with E-state index in [0.29, 0.717) is 15.9 Å². The van der Waals surface area contributed by atoms with E-state index in [9.17, 15) is 8.76 Å². The summed E-state index contributed by atoms with van der Waals surface area (Å²) >= 11 is 3.57. The van der Waals surface area contributed by atoms with Crippen molar-refractivity contribution in [3.63, 3.8) is 0 Å². The van der Waals surface area contributed by atoms with Gasteiger partial charge < -0.3 is 4.55 Å². The molecule has 0 spiro atoms. The molecule has 3 nitrogen and oxygen atoms in total. The molecule has 0 fully saturated rings. The third-order valence-electron chi connectivity index (χ3n) is 1.90. The van der Waals surface area contributed by atoms with Crippen LogP contribution in [0.25, 0.3) is 10.8 Å². The fourth-order valence-corrected chi connectivity index (χ4v) is 2.06. The molecule has 0 radical (unpaired) electrons. The van der Waals surface area contributed by atoms with E-state index >= 15 is 0 Å². The molecule has 1 heterocycles. The monoisotopic (exact) mass is 226 g/mol. The maximum atomic E-state index is 10.9. The van der Waals surface area contributed by atoms with Crippen molar-refractivity contribution in [2.24, 2.45) is 0 Å². The van der Waals surface area contributed by atoms with Gasteiger partial charge in [-0.1, -0.05) is 23.7 Å². The highest BCUT2D eigenvalue weighted by atomic mass is 35.5. The Bertz CT molecular complexity index is 515. The Morgan fingerprint density at radius 3 is 2.79 bits per heavy atom. The van der Waals surface area contributed by atoms with Crippen LogP contribution in [0.2, 0.25) is 5.15 Å². The molecular formula is C9H5ClNO2S-. The third kappa shape index (κ3) is 1.52.